The summed E-state index contributed by atoms with van der Waals surface area (Å²) in [4.78, 5) is 45.2. The van der Waals surface area contributed by atoms with Crippen LogP contribution in [0, 0.1) is 17.3 Å². The number of fused-ring (bicyclic) bond motifs is 5. The molecule has 8 heteroatoms. The summed E-state index contributed by atoms with van der Waals surface area (Å²) < 4.78 is 6.14. The first-order chi connectivity index (χ1) is 16.7. The Morgan fingerprint density at radius 1 is 1.11 bits per heavy atom. The van der Waals surface area contributed by atoms with Gasteiger partial charge in [-0.3, -0.25) is 19.3 Å². The van der Waals surface area contributed by atoms with Crippen molar-refractivity contribution in [1.29, 1.82) is 0 Å². The lowest BCUT2D eigenvalue weighted by Crippen LogP contribution is -2.79. The molecule has 7 aliphatic rings. The maximum absolute atomic E-state index is 14.1. The van der Waals surface area contributed by atoms with Crippen LogP contribution in [0.5, 0.6) is 5.75 Å². The zero-order valence-corrected chi connectivity index (χ0v) is 21.9. The Morgan fingerprint density at radius 3 is 2.56 bits per heavy atom. The van der Waals surface area contributed by atoms with E-state index in [9.17, 15) is 19.5 Å². The number of carbonyl (C=O) groups excluding carboxylic acids is 3. The molecule has 36 heavy (non-hydrogen) atoms. The predicted molar refractivity (Wildman–Crippen MR) is 132 cm³/mol. The third-order valence-electron chi connectivity index (χ3n) is 11.1. The summed E-state index contributed by atoms with van der Waals surface area (Å²) in [6.07, 6.45) is 1.32. The molecule has 1 aliphatic carbocycles. The number of anilines is 1. The molecule has 8 rings (SSSR count). The number of ether oxygens (including phenoxy) is 1. The summed E-state index contributed by atoms with van der Waals surface area (Å²) in [5, 5.41) is 14.2. The van der Waals surface area contributed by atoms with Gasteiger partial charge < -0.3 is 20.1 Å². The van der Waals surface area contributed by atoms with Gasteiger partial charge >= 0.3 is 0 Å². The molecular weight excluding hydrogens is 458 g/mol. The van der Waals surface area contributed by atoms with Crippen molar-refractivity contribution in [1.82, 2.24) is 9.80 Å². The predicted octanol–water partition coefficient (Wildman–Crippen LogP) is 2.68. The Morgan fingerprint density at radius 2 is 1.83 bits per heavy atom. The van der Waals surface area contributed by atoms with Crippen LogP contribution in [0.1, 0.15) is 76.2 Å². The number of aliphatic hydroxyl groups excluding tert-OH is 1. The fraction of sp³-hybridized carbons (Fsp3) is 0.679. The fourth-order valence-corrected chi connectivity index (χ4v) is 9.45. The number of hydrogen-bond donors (Lipinski definition) is 2. The van der Waals surface area contributed by atoms with Crippen LogP contribution in [-0.2, 0) is 15.0 Å². The SMILES string of the molecule is CC1CC23CC4C(CN2C1O)(CC1(C(=O)Nc2c1ccc1c2C(=O)CC(C)(C)O1)C4(C)C)N(C)C3=O. The summed E-state index contributed by atoms with van der Waals surface area (Å²) >= 11 is 0. The molecule has 1 aromatic carbocycles. The standard InChI is InChI=1S/C28H35N3O5/c1-14-9-26-11-18-25(4,5)28(12-27(18,30(6)23(26)35)13-31(26)21(14)33)15-7-8-17-19(20(15)29-22(28)34)16(32)10-24(2,3)36-17/h7-8,14,18,21,33H,9-13H2,1-6H3,(H,29,34). The molecule has 2 bridgehead atoms. The number of rotatable bonds is 0. The van der Waals surface area contributed by atoms with Gasteiger partial charge in [-0.15, -0.1) is 0 Å². The Balaban J connectivity index is 1.42. The molecule has 1 saturated carbocycles. The van der Waals surface area contributed by atoms with Gasteiger partial charge in [-0.05, 0) is 62.0 Å². The normalized spacial score (nSPS) is 43.2. The van der Waals surface area contributed by atoms with Crippen molar-refractivity contribution in [3.63, 3.8) is 0 Å². The van der Waals surface area contributed by atoms with E-state index in [-0.39, 0.29) is 35.9 Å². The summed E-state index contributed by atoms with van der Waals surface area (Å²) in [7, 11) is 1.89. The Kier molecular flexibility index (Phi) is 3.89. The van der Waals surface area contributed by atoms with Crippen molar-refractivity contribution in [3.8, 4) is 5.75 Å². The number of benzene rings is 1. The van der Waals surface area contributed by atoms with Gasteiger partial charge in [0.15, 0.2) is 5.78 Å². The number of Topliss-reactive ketones (excluding diaryl/α,β-unsaturated/α-hetero) is 1. The highest BCUT2D eigenvalue weighted by Gasteiger charge is 2.80. The van der Waals surface area contributed by atoms with Gasteiger partial charge in [-0.1, -0.05) is 26.8 Å². The van der Waals surface area contributed by atoms with E-state index in [0.29, 0.717) is 42.8 Å². The highest BCUT2D eigenvalue weighted by atomic mass is 16.5. The summed E-state index contributed by atoms with van der Waals surface area (Å²) in [6, 6.07) is 3.81. The van der Waals surface area contributed by atoms with E-state index in [0.717, 1.165) is 5.56 Å². The third-order valence-corrected chi connectivity index (χ3v) is 11.1. The molecule has 5 fully saturated rings. The van der Waals surface area contributed by atoms with Gasteiger partial charge in [0.1, 0.15) is 23.1 Å². The molecular formula is C28H35N3O5. The second-order valence-electron chi connectivity index (χ2n) is 13.6. The van der Waals surface area contributed by atoms with Gasteiger partial charge in [-0.2, -0.15) is 0 Å². The first kappa shape index (κ1) is 22.7. The van der Waals surface area contributed by atoms with Crippen LogP contribution in [0.4, 0.5) is 5.69 Å². The number of nitrogens with one attached hydrogen (secondary N) is 1. The van der Waals surface area contributed by atoms with Crippen LogP contribution in [0.2, 0.25) is 0 Å². The Bertz CT molecular complexity index is 1290. The largest absolute Gasteiger partial charge is 0.487 e. The van der Waals surface area contributed by atoms with Gasteiger partial charge in [0.2, 0.25) is 11.8 Å². The van der Waals surface area contributed by atoms with Crippen LogP contribution in [-0.4, -0.2) is 69.0 Å². The fourth-order valence-electron chi connectivity index (χ4n) is 9.45. The van der Waals surface area contributed by atoms with Crippen LogP contribution in [0.25, 0.3) is 0 Å². The molecule has 6 heterocycles. The maximum atomic E-state index is 14.1. The Hall–Kier alpha value is -2.45. The minimum absolute atomic E-state index is 0.0192. The number of nitrogens with zero attached hydrogens (tertiary/aromatic N) is 2. The smallest absolute Gasteiger partial charge is 0.243 e. The zero-order chi connectivity index (χ0) is 25.8. The molecule has 3 spiro atoms. The molecule has 192 valence electrons. The highest BCUT2D eigenvalue weighted by Crippen LogP contribution is 2.72. The number of piperidine rings is 2. The molecule has 0 aromatic heterocycles. The zero-order valence-electron chi connectivity index (χ0n) is 21.9. The van der Waals surface area contributed by atoms with Crippen molar-refractivity contribution >= 4 is 23.3 Å². The lowest BCUT2D eigenvalue weighted by molar-refractivity contribution is -0.199. The number of ketones is 1. The molecule has 6 atom stereocenters. The molecule has 8 nitrogen and oxygen atoms in total. The van der Waals surface area contributed by atoms with Crippen molar-refractivity contribution in [2.45, 2.75) is 88.6 Å². The van der Waals surface area contributed by atoms with Crippen LogP contribution in [0.3, 0.4) is 0 Å². The maximum Gasteiger partial charge on any atom is 0.243 e. The molecule has 1 aromatic rings. The van der Waals surface area contributed by atoms with E-state index in [2.05, 4.69) is 19.2 Å². The van der Waals surface area contributed by atoms with Crippen molar-refractivity contribution < 1.29 is 24.2 Å². The number of aliphatic hydroxyl groups is 1. The topological polar surface area (TPSA) is 99.2 Å². The van der Waals surface area contributed by atoms with Crippen LogP contribution >= 0.6 is 0 Å². The molecule has 0 radical (unpaired) electrons. The summed E-state index contributed by atoms with van der Waals surface area (Å²) in [5.41, 5.74) is -1.38. The van der Waals surface area contributed by atoms with Crippen LogP contribution < -0.4 is 10.1 Å². The minimum atomic E-state index is -0.897. The number of likely N-dealkylation sites (N-methyl/N-ethyl adjacent to an activating group) is 1. The van der Waals surface area contributed by atoms with Crippen molar-refractivity contribution in [3.05, 3.63) is 23.3 Å². The van der Waals surface area contributed by atoms with E-state index in [4.69, 9.17) is 4.74 Å². The number of amides is 2. The van der Waals surface area contributed by atoms with E-state index in [1.165, 1.54) is 0 Å². The quantitative estimate of drug-likeness (QED) is 0.577. The minimum Gasteiger partial charge on any atom is -0.487 e. The number of carbonyl (C=O) groups is 3. The van der Waals surface area contributed by atoms with Crippen molar-refractivity contribution in [2.24, 2.45) is 17.3 Å². The van der Waals surface area contributed by atoms with E-state index in [1.54, 1.807) is 0 Å². The number of hydrogen-bond acceptors (Lipinski definition) is 6. The summed E-state index contributed by atoms with van der Waals surface area (Å²) in [6.45, 7) is 10.7. The third kappa shape index (κ3) is 2.17. The number of piperazine rings is 1. The molecule has 2 N–H and O–H groups in total. The first-order valence-corrected chi connectivity index (χ1v) is 13.2. The van der Waals surface area contributed by atoms with Gasteiger partial charge in [0, 0.05) is 13.6 Å². The van der Waals surface area contributed by atoms with Gasteiger partial charge in [0.05, 0.1) is 28.6 Å². The van der Waals surface area contributed by atoms with Gasteiger partial charge in [0.25, 0.3) is 0 Å². The average molecular weight is 494 g/mol. The van der Waals surface area contributed by atoms with E-state index in [1.807, 2.05) is 49.8 Å². The Labute approximate surface area is 211 Å². The molecule has 4 saturated heterocycles. The lowest BCUT2D eigenvalue weighted by atomic mass is 9.57. The van der Waals surface area contributed by atoms with Crippen molar-refractivity contribution in [2.75, 3.05) is 18.9 Å². The highest BCUT2D eigenvalue weighted by molar-refractivity contribution is 6.15. The molecule has 6 unspecified atom stereocenters. The van der Waals surface area contributed by atoms with Gasteiger partial charge in [-0.25, -0.2) is 0 Å². The monoisotopic (exact) mass is 493 g/mol. The second kappa shape index (κ2) is 6.16. The summed E-state index contributed by atoms with van der Waals surface area (Å²) in [5.74, 6) is 0.547. The van der Waals surface area contributed by atoms with E-state index < -0.39 is 33.7 Å². The molecule has 6 aliphatic heterocycles. The van der Waals surface area contributed by atoms with Crippen LogP contribution in [0.15, 0.2) is 12.1 Å². The first-order valence-electron chi connectivity index (χ1n) is 13.2. The van der Waals surface area contributed by atoms with E-state index >= 15 is 0 Å². The molecule has 2 amide bonds. The second-order valence-corrected chi connectivity index (χ2v) is 13.6. The average Bonchev–Trinajstić information content (AvgIpc) is 3.29. The lowest BCUT2D eigenvalue weighted by Gasteiger charge is -2.64.